The first-order valence-corrected chi connectivity index (χ1v) is 11.5. The van der Waals surface area contributed by atoms with E-state index in [-0.39, 0.29) is 19.1 Å². The largest absolute Gasteiger partial charge is 0.467 e. The highest BCUT2D eigenvalue weighted by Gasteiger charge is 2.30. The van der Waals surface area contributed by atoms with Crippen molar-refractivity contribution in [3.8, 4) is 0 Å². The van der Waals surface area contributed by atoms with Gasteiger partial charge in [0, 0.05) is 39.3 Å². The summed E-state index contributed by atoms with van der Waals surface area (Å²) in [5, 5.41) is 2.86. The summed E-state index contributed by atoms with van der Waals surface area (Å²) in [5.74, 6) is 0.771. The number of carbonyl (C=O) groups is 1. The number of aryl methyl sites for hydroxylation is 2. The number of hydrogen-bond acceptors (Lipinski definition) is 5. The molecule has 1 fully saturated rings. The van der Waals surface area contributed by atoms with Gasteiger partial charge in [0.1, 0.15) is 12.4 Å². The SMILES string of the molecule is Cc1ccc(S(=O)(=O)N2CCN(C(=O)NCCCOCc3ccco3)CC2)cc1C. The van der Waals surface area contributed by atoms with Crippen LogP contribution in [0, 0.1) is 13.8 Å². The maximum Gasteiger partial charge on any atom is 0.317 e. The van der Waals surface area contributed by atoms with Gasteiger partial charge in [0.05, 0.1) is 11.2 Å². The number of sulfonamides is 1. The van der Waals surface area contributed by atoms with Gasteiger partial charge in [-0.15, -0.1) is 0 Å². The Bertz CT molecular complexity index is 936. The van der Waals surface area contributed by atoms with Crippen molar-refractivity contribution in [2.75, 3.05) is 39.3 Å². The van der Waals surface area contributed by atoms with Crippen molar-refractivity contribution in [1.82, 2.24) is 14.5 Å². The van der Waals surface area contributed by atoms with E-state index in [2.05, 4.69) is 5.32 Å². The fraction of sp³-hybridized carbons (Fsp3) is 0.476. The molecule has 0 atom stereocenters. The van der Waals surface area contributed by atoms with E-state index in [0.29, 0.717) is 44.2 Å². The third-order valence-electron chi connectivity index (χ3n) is 5.21. The van der Waals surface area contributed by atoms with Gasteiger partial charge in [-0.1, -0.05) is 6.07 Å². The summed E-state index contributed by atoms with van der Waals surface area (Å²) in [7, 11) is -3.55. The minimum Gasteiger partial charge on any atom is -0.467 e. The number of hydrogen-bond donors (Lipinski definition) is 1. The molecule has 9 heteroatoms. The maximum absolute atomic E-state index is 12.9. The summed E-state index contributed by atoms with van der Waals surface area (Å²) >= 11 is 0. The second kappa shape index (κ2) is 10.1. The molecule has 164 valence electrons. The van der Waals surface area contributed by atoms with Crippen molar-refractivity contribution in [2.24, 2.45) is 0 Å². The first-order chi connectivity index (χ1) is 14.4. The number of benzene rings is 1. The van der Waals surface area contributed by atoms with Crippen LogP contribution in [0.25, 0.3) is 0 Å². The van der Waals surface area contributed by atoms with E-state index in [4.69, 9.17) is 9.15 Å². The number of nitrogens with zero attached hydrogens (tertiary/aromatic N) is 2. The van der Waals surface area contributed by atoms with E-state index in [9.17, 15) is 13.2 Å². The lowest BCUT2D eigenvalue weighted by molar-refractivity contribution is 0.104. The number of carbonyl (C=O) groups excluding carboxylic acids is 1. The molecule has 2 heterocycles. The van der Waals surface area contributed by atoms with E-state index in [1.54, 1.807) is 23.3 Å². The Morgan fingerprint density at radius 2 is 1.90 bits per heavy atom. The average molecular weight is 436 g/mol. The second-order valence-corrected chi connectivity index (χ2v) is 9.29. The van der Waals surface area contributed by atoms with E-state index in [0.717, 1.165) is 16.9 Å². The molecule has 0 unspecified atom stereocenters. The van der Waals surface area contributed by atoms with Crippen LogP contribution in [0.2, 0.25) is 0 Å². The van der Waals surface area contributed by atoms with E-state index in [1.807, 2.05) is 32.0 Å². The van der Waals surface area contributed by atoms with Gasteiger partial charge < -0.3 is 19.4 Å². The molecule has 3 rings (SSSR count). The molecule has 0 aliphatic carbocycles. The second-order valence-electron chi connectivity index (χ2n) is 7.35. The molecule has 1 aliphatic heterocycles. The number of amides is 2. The van der Waals surface area contributed by atoms with Crippen LogP contribution in [0.4, 0.5) is 4.79 Å². The lowest BCUT2D eigenvalue weighted by Gasteiger charge is -2.34. The Morgan fingerprint density at radius 1 is 1.13 bits per heavy atom. The summed E-state index contributed by atoms with van der Waals surface area (Å²) in [4.78, 5) is 14.3. The maximum atomic E-state index is 12.9. The van der Waals surface area contributed by atoms with Gasteiger partial charge in [-0.3, -0.25) is 0 Å². The molecular weight excluding hydrogens is 406 g/mol. The van der Waals surface area contributed by atoms with Crippen molar-refractivity contribution in [3.05, 3.63) is 53.5 Å². The topological polar surface area (TPSA) is 92.1 Å². The highest BCUT2D eigenvalue weighted by molar-refractivity contribution is 7.89. The van der Waals surface area contributed by atoms with E-state index < -0.39 is 10.0 Å². The quantitative estimate of drug-likeness (QED) is 0.644. The van der Waals surface area contributed by atoms with E-state index >= 15 is 0 Å². The number of piperazine rings is 1. The van der Waals surface area contributed by atoms with Crippen LogP contribution >= 0.6 is 0 Å². The van der Waals surface area contributed by atoms with Crippen LogP contribution in [-0.2, 0) is 21.4 Å². The molecule has 30 heavy (non-hydrogen) atoms. The highest BCUT2D eigenvalue weighted by atomic mass is 32.2. The molecule has 0 saturated carbocycles. The van der Waals surface area contributed by atoms with E-state index in [1.165, 1.54) is 4.31 Å². The van der Waals surface area contributed by atoms with Crippen LogP contribution in [0.3, 0.4) is 0 Å². The van der Waals surface area contributed by atoms with Crippen LogP contribution in [0.5, 0.6) is 0 Å². The number of urea groups is 1. The molecule has 1 N–H and O–H groups in total. The molecule has 0 bridgehead atoms. The predicted molar refractivity (Wildman–Crippen MR) is 113 cm³/mol. The number of rotatable bonds is 8. The summed E-state index contributed by atoms with van der Waals surface area (Å²) in [6, 6.07) is 8.66. The van der Waals surface area contributed by atoms with Crippen LogP contribution in [0.15, 0.2) is 45.9 Å². The van der Waals surface area contributed by atoms with Gasteiger partial charge in [-0.25, -0.2) is 13.2 Å². The van der Waals surface area contributed by atoms with Gasteiger partial charge >= 0.3 is 6.03 Å². The Morgan fingerprint density at radius 3 is 2.57 bits per heavy atom. The summed E-state index contributed by atoms with van der Waals surface area (Å²) < 4.78 is 37.9. The molecule has 8 nitrogen and oxygen atoms in total. The fourth-order valence-electron chi connectivity index (χ4n) is 3.20. The predicted octanol–water partition coefficient (Wildman–Crippen LogP) is 2.52. The highest BCUT2D eigenvalue weighted by Crippen LogP contribution is 2.20. The zero-order valence-corrected chi connectivity index (χ0v) is 18.3. The Kier molecular flexibility index (Phi) is 7.52. The van der Waals surface area contributed by atoms with Crippen LogP contribution in [-0.4, -0.2) is 63.0 Å². The summed E-state index contributed by atoms with van der Waals surface area (Å²) in [6.07, 6.45) is 2.29. The monoisotopic (exact) mass is 435 g/mol. The molecular formula is C21H29N3O5S. The van der Waals surface area contributed by atoms with Crippen LogP contribution in [0.1, 0.15) is 23.3 Å². The van der Waals surface area contributed by atoms with Crippen molar-refractivity contribution < 1.29 is 22.4 Å². The van der Waals surface area contributed by atoms with Crippen molar-refractivity contribution in [1.29, 1.82) is 0 Å². The van der Waals surface area contributed by atoms with Gasteiger partial charge in [-0.05, 0) is 55.7 Å². The smallest absolute Gasteiger partial charge is 0.317 e. The molecule has 2 amide bonds. The average Bonchev–Trinajstić information content (AvgIpc) is 3.26. The zero-order chi connectivity index (χ0) is 21.6. The molecule has 1 aliphatic rings. The summed E-state index contributed by atoms with van der Waals surface area (Å²) in [5.41, 5.74) is 2.00. The number of nitrogens with one attached hydrogen (secondary N) is 1. The molecule has 1 aromatic heterocycles. The third kappa shape index (κ3) is 5.62. The van der Waals surface area contributed by atoms with Gasteiger partial charge in [0.25, 0.3) is 0 Å². The number of furan rings is 1. The minimum atomic E-state index is -3.55. The Balaban J connectivity index is 1.38. The molecule has 2 aromatic rings. The van der Waals surface area contributed by atoms with Crippen LogP contribution < -0.4 is 5.32 Å². The van der Waals surface area contributed by atoms with Gasteiger partial charge in [-0.2, -0.15) is 4.31 Å². The Hall–Kier alpha value is -2.36. The molecule has 1 saturated heterocycles. The fourth-order valence-corrected chi connectivity index (χ4v) is 4.71. The lowest BCUT2D eigenvalue weighted by atomic mass is 10.1. The minimum absolute atomic E-state index is 0.177. The lowest BCUT2D eigenvalue weighted by Crippen LogP contribution is -2.53. The zero-order valence-electron chi connectivity index (χ0n) is 17.5. The first kappa shape index (κ1) is 22.3. The Labute approximate surface area is 177 Å². The van der Waals surface area contributed by atoms with Gasteiger partial charge in [0.2, 0.25) is 10.0 Å². The summed E-state index contributed by atoms with van der Waals surface area (Å²) in [6.45, 7) is 6.59. The standard InChI is InChI=1S/C21H29N3O5S/c1-17-6-7-20(15-18(17)2)30(26,27)24-11-9-23(10-12-24)21(25)22-8-4-13-28-16-19-5-3-14-29-19/h3,5-7,14-15H,4,8-13,16H2,1-2H3,(H,22,25). The van der Waals surface area contributed by atoms with Crippen molar-refractivity contribution in [2.45, 2.75) is 31.8 Å². The van der Waals surface area contributed by atoms with Crippen molar-refractivity contribution >= 4 is 16.1 Å². The van der Waals surface area contributed by atoms with Gasteiger partial charge in [0.15, 0.2) is 0 Å². The molecule has 0 radical (unpaired) electrons. The third-order valence-corrected chi connectivity index (χ3v) is 7.10. The normalized spacial score (nSPS) is 15.3. The first-order valence-electron chi connectivity index (χ1n) is 10.1. The van der Waals surface area contributed by atoms with Crippen molar-refractivity contribution in [3.63, 3.8) is 0 Å². The molecule has 1 aromatic carbocycles. The molecule has 0 spiro atoms. The number of ether oxygens (including phenoxy) is 1.